The van der Waals surface area contributed by atoms with Crippen molar-refractivity contribution in [3.8, 4) is 17.2 Å². The van der Waals surface area contributed by atoms with Crippen LogP contribution in [0.2, 0.25) is 0 Å². The number of rotatable bonds is 5. The molecule has 0 saturated carbocycles. The number of hydrogen-bond donors (Lipinski definition) is 4. The molecule has 4 N–H and O–H groups in total. The fourth-order valence-electron chi connectivity index (χ4n) is 2.27. The summed E-state index contributed by atoms with van der Waals surface area (Å²) < 4.78 is 5.63. The summed E-state index contributed by atoms with van der Waals surface area (Å²) in [6.07, 6.45) is 4.79. The van der Waals surface area contributed by atoms with Crippen LogP contribution in [0.5, 0.6) is 17.2 Å². The third-order valence-corrected chi connectivity index (χ3v) is 3.45. The van der Waals surface area contributed by atoms with Crippen LogP contribution >= 0.6 is 0 Å². The number of aromatic hydroxyl groups is 3. The summed E-state index contributed by atoms with van der Waals surface area (Å²) in [5.74, 6) is -1.03. The molecular weight excluding hydrogens is 246 g/mol. The van der Waals surface area contributed by atoms with Crippen molar-refractivity contribution >= 4 is 0 Å². The van der Waals surface area contributed by atoms with Crippen molar-refractivity contribution < 1.29 is 20.1 Å². The number of ether oxygens (including phenoxy) is 1. The van der Waals surface area contributed by atoms with E-state index >= 15 is 0 Å². The molecule has 1 fully saturated rings. The van der Waals surface area contributed by atoms with Crippen LogP contribution in [0, 0.1) is 0 Å². The molecule has 5 heteroatoms. The SMILES string of the molecule is Oc1ccc(CNCCC2CCCCO2)c(O)c1O. The Morgan fingerprint density at radius 1 is 1.16 bits per heavy atom. The fourth-order valence-corrected chi connectivity index (χ4v) is 2.27. The Morgan fingerprint density at radius 2 is 2.00 bits per heavy atom. The molecule has 0 aliphatic carbocycles. The first-order chi connectivity index (χ1) is 9.18. The Balaban J connectivity index is 1.75. The number of benzene rings is 1. The summed E-state index contributed by atoms with van der Waals surface area (Å²) in [4.78, 5) is 0. The van der Waals surface area contributed by atoms with Crippen LogP contribution in [0.15, 0.2) is 12.1 Å². The maximum atomic E-state index is 9.65. The van der Waals surface area contributed by atoms with Gasteiger partial charge in [0, 0.05) is 18.7 Å². The van der Waals surface area contributed by atoms with E-state index in [1.54, 1.807) is 6.07 Å². The number of nitrogens with one attached hydrogen (secondary N) is 1. The number of hydrogen-bond acceptors (Lipinski definition) is 5. The Bertz CT molecular complexity index is 416. The standard InChI is InChI=1S/C14H21NO4/c16-12-5-4-10(13(17)14(12)18)9-15-7-6-11-3-1-2-8-19-11/h4-5,11,15-18H,1-3,6-9H2. The van der Waals surface area contributed by atoms with Crippen LogP contribution < -0.4 is 5.32 Å². The van der Waals surface area contributed by atoms with Gasteiger partial charge in [-0.2, -0.15) is 0 Å². The first-order valence-electron chi connectivity index (χ1n) is 6.73. The van der Waals surface area contributed by atoms with E-state index in [1.165, 1.54) is 12.5 Å². The molecule has 0 bridgehead atoms. The first kappa shape index (κ1) is 14.0. The molecule has 1 aliphatic rings. The highest BCUT2D eigenvalue weighted by atomic mass is 16.5. The van der Waals surface area contributed by atoms with Crippen LogP contribution in [-0.2, 0) is 11.3 Å². The van der Waals surface area contributed by atoms with Crippen LogP contribution in [0.1, 0.15) is 31.2 Å². The second-order valence-corrected chi connectivity index (χ2v) is 4.90. The minimum Gasteiger partial charge on any atom is -0.504 e. The summed E-state index contributed by atoms with van der Waals surface area (Å²) in [5, 5.41) is 31.5. The minimum atomic E-state index is -0.463. The van der Waals surface area contributed by atoms with Gasteiger partial charge in [0.05, 0.1) is 6.10 Å². The molecule has 19 heavy (non-hydrogen) atoms. The third kappa shape index (κ3) is 3.75. The molecular formula is C14H21NO4. The first-order valence-corrected chi connectivity index (χ1v) is 6.73. The van der Waals surface area contributed by atoms with Crippen molar-refractivity contribution in [3.05, 3.63) is 17.7 Å². The molecule has 1 heterocycles. The minimum absolute atomic E-state index is 0.263. The second kappa shape index (κ2) is 6.63. The predicted octanol–water partition coefficient (Wildman–Crippen LogP) is 1.85. The monoisotopic (exact) mass is 267 g/mol. The lowest BCUT2D eigenvalue weighted by Gasteiger charge is -2.22. The summed E-state index contributed by atoms with van der Waals surface area (Å²) in [6, 6.07) is 2.96. The maximum absolute atomic E-state index is 9.65. The Labute approximate surface area is 112 Å². The quantitative estimate of drug-likeness (QED) is 0.483. The van der Waals surface area contributed by atoms with Gasteiger partial charge in [0.2, 0.25) is 5.75 Å². The highest BCUT2D eigenvalue weighted by Crippen LogP contribution is 2.36. The summed E-state index contributed by atoms with van der Waals surface area (Å²) in [7, 11) is 0. The fraction of sp³-hybridized carbons (Fsp3) is 0.571. The highest BCUT2D eigenvalue weighted by Gasteiger charge is 2.14. The average Bonchev–Trinajstić information content (AvgIpc) is 2.44. The summed E-state index contributed by atoms with van der Waals surface area (Å²) >= 11 is 0. The van der Waals surface area contributed by atoms with E-state index < -0.39 is 5.75 Å². The molecule has 1 unspecified atom stereocenters. The van der Waals surface area contributed by atoms with Crippen molar-refractivity contribution in [1.29, 1.82) is 0 Å². The topological polar surface area (TPSA) is 82.0 Å². The van der Waals surface area contributed by atoms with Gasteiger partial charge in [-0.3, -0.25) is 0 Å². The largest absolute Gasteiger partial charge is 0.504 e. The molecule has 0 aromatic heterocycles. The molecule has 1 aliphatic heterocycles. The van der Waals surface area contributed by atoms with E-state index in [4.69, 9.17) is 4.74 Å². The van der Waals surface area contributed by atoms with Crippen molar-refractivity contribution in [3.63, 3.8) is 0 Å². The second-order valence-electron chi connectivity index (χ2n) is 4.90. The predicted molar refractivity (Wildman–Crippen MR) is 71.4 cm³/mol. The van der Waals surface area contributed by atoms with Gasteiger partial charge in [-0.25, -0.2) is 0 Å². The highest BCUT2D eigenvalue weighted by molar-refractivity contribution is 5.52. The Hall–Kier alpha value is -1.46. The smallest absolute Gasteiger partial charge is 0.200 e. The Morgan fingerprint density at radius 3 is 2.74 bits per heavy atom. The molecule has 5 nitrogen and oxygen atoms in total. The summed E-state index contributed by atoms with van der Waals surface area (Å²) in [5.41, 5.74) is 0.569. The molecule has 1 atom stereocenters. The Kier molecular flexibility index (Phi) is 4.87. The van der Waals surface area contributed by atoms with Crippen molar-refractivity contribution in [1.82, 2.24) is 5.32 Å². The van der Waals surface area contributed by atoms with Crippen molar-refractivity contribution in [2.45, 2.75) is 38.3 Å². The van der Waals surface area contributed by atoms with Gasteiger partial charge in [-0.05, 0) is 38.3 Å². The van der Waals surface area contributed by atoms with Gasteiger partial charge in [0.25, 0.3) is 0 Å². The molecule has 2 rings (SSSR count). The van der Waals surface area contributed by atoms with E-state index in [2.05, 4.69) is 5.32 Å². The van der Waals surface area contributed by atoms with Crippen LogP contribution in [0.4, 0.5) is 0 Å². The van der Waals surface area contributed by atoms with Gasteiger partial charge in [0.1, 0.15) is 0 Å². The zero-order valence-corrected chi connectivity index (χ0v) is 10.9. The van der Waals surface area contributed by atoms with Crippen LogP contribution in [0.3, 0.4) is 0 Å². The number of phenolic OH excluding ortho intramolecular Hbond substituents is 3. The zero-order chi connectivity index (χ0) is 13.7. The average molecular weight is 267 g/mol. The van der Waals surface area contributed by atoms with Gasteiger partial charge >= 0.3 is 0 Å². The molecule has 1 aromatic rings. The molecule has 106 valence electrons. The van der Waals surface area contributed by atoms with Gasteiger partial charge in [-0.15, -0.1) is 0 Å². The van der Waals surface area contributed by atoms with Crippen molar-refractivity contribution in [2.75, 3.05) is 13.2 Å². The normalized spacial score (nSPS) is 19.5. The van der Waals surface area contributed by atoms with Crippen molar-refractivity contribution in [2.24, 2.45) is 0 Å². The van der Waals surface area contributed by atoms with E-state index in [1.807, 2.05) is 0 Å². The molecule has 0 amide bonds. The van der Waals surface area contributed by atoms with Gasteiger partial charge in [0.15, 0.2) is 11.5 Å². The van der Waals surface area contributed by atoms with Crippen LogP contribution in [-0.4, -0.2) is 34.6 Å². The lowest BCUT2D eigenvalue weighted by atomic mass is 10.1. The zero-order valence-electron chi connectivity index (χ0n) is 10.9. The molecule has 0 spiro atoms. The molecule has 1 saturated heterocycles. The van der Waals surface area contributed by atoms with E-state index in [0.29, 0.717) is 18.2 Å². The van der Waals surface area contributed by atoms with E-state index in [9.17, 15) is 15.3 Å². The maximum Gasteiger partial charge on any atom is 0.200 e. The lowest BCUT2D eigenvalue weighted by Crippen LogP contribution is -2.25. The summed E-state index contributed by atoms with van der Waals surface area (Å²) in [6.45, 7) is 2.11. The van der Waals surface area contributed by atoms with Crippen LogP contribution in [0.25, 0.3) is 0 Å². The molecule has 0 radical (unpaired) electrons. The van der Waals surface area contributed by atoms with E-state index in [-0.39, 0.29) is 11.5 Å². The molecule has 1 aromatic carbocycles. The van der Waals surface area contributed by atoms with Gasteiger partial charge < -0.3 is 25.4 Å². The lowest BCUT2D eigenvalue weighted by molar-refractivity contribution is 0.0115. The van der Waals surface area contributed by atoms with E-state index in [0.717, 1.165) is 32.4 Å². The third-order valence-electron chi connectivity index (χ3n) is 3.45. The van der Waals surface area contributed by atoms with Gasteiger partial charge in [-0.1, -0.05) is 6.07 Å². The number of phenols is 3.